The molecule has 0 radical (unpaired) electrons. The van der Waals surface area contributed by atoms with Gasteiger partial charge >= 0.3 is 0 Å². The Balaban J connectivity index is 0.000000980. The van der Waals surface area contributed by atoms with Gasteiger partial charge in [-0.05, 0) is 13.8 Å². The smallest absolute Gasteiger partial charge is 0.0924 e. The molecule has 0 amide bonds. The molecule has 0 atom stereocenters. The van der Waals surface area contributed by atoms with Crippen molar-refractivity contribution in [3.05, 3.63) is 24.9 Å². The van der Waals surface area contributed by atoms with E-state index >= 15 is 0 Å². The standard InChI is InChI=1S/C9H12N4.ClH/c1-7(2)13-5-8(3-12-13)9-4-10-6-11-9;/h3-7H,1-2H3,(H,10,11);1H. The first-order valence-corrected chi connectivity index (χ1v) is 4.30. The number of aromatic amines is 1. The molecular weight excluding hydrogens is 200 g/mol. The summed E-state index contributed by atoms with van der Waals surface area (Å²) < 4.78 is 1.93. The number of rotatable bonds is 2. The van der Waals surface area contributed by atoms with Crippen LogP contribution < -0.4 is 0 Å². The van der Waals surface area contributed by atoms with Crippen molar-refractivity contribution in [2.24, 2.45) is 0 Å². The molecule has 0 fully saturated rings. The predicted octanol–water partition coefficient (Wildman–Crippen LogP) is 2.28. The van der Waals surface area contributed by atoms with E-state index in [1.54, 1.807) is 12.5 Å². The summed E-state index contributed by atoms with van der Waals surface area (Å²) in [5.74, 6) is 0. The fourth-order valence-electron chi connectivity index (χ4n) is 1.17. The van der Waals surface area contributed by atoms with Crippen LogP contribution >= 0.6 is 12.4 Å². The van der Waals surface area contributed by atoms with Gasteiger partial charge in [-0.1, -0.05) is 0 Å². The van der Waals surface area contributed by atoms with Crippen LogP contribution in [0.3, 0.4) is 0 Å². The first-order chi connectivity index (χ1) is 6.27. The highest BCUT2D eigenvalue weighted by Crippen LogP contribution is 2.16. The third-order valence-corrected chi connectivity index (χ3v) is 1.94. The third-order valence-electron chi connectivity index (χ3n) is 1.94. The molecule has 2 heterocycles. The quantitative estimate of drug-likeness (QED) is 0.830. The Hall–Kier alpha value is -1.29. The second-order valence-electron chi connectivity index (χ2n) is 3.27. The molecule has 0 aromatic carbocycles. The van der Waals surface area contributed by atoms with Crippen molar-refractivity contribution in [1.82, 2.24) is 19.7 Å². The van der Waals surface area contributed by atoms with Crippen molar-refractivity contribution in [3.8, 4) is 11.3 Å². The molecule has 0 aliphatic rings. The van der Waals surface area contributed by atoms with Crippen molar-refractivity contribution in [2.45, 2.75) is 19.9 Å². The van der Waals surface area contributed by atoms with E-state index in [2.05, 4.69) is 28.9 Å². The van der Waals surface area contributed by atoms with Crippen LogP contribution in [0.5, 0.6) is 0 Å². The minimum atomic E-state index is 0. The number of imidazole rings is 1. The maximum Gasteiger partial charge on any atom is 0.0924 e. The maximum atomic E-state index is 4.24. The van der Waals surface area contributed by atoms with E-state index in [9.17, 15) is 0 Å². The summed E-state index contributed by atoms with van der Waals surface area (Å²) in [6.07, 6.45) is 7.31. The van der Waals surface area contributed by atoms with E-state index in [0.717, 1.165) is 11.3 Å². The number of aromatic nitrogens is 4. The Kier molecular flexibility index (Phi) is 3.30. The lowest BCUT2D eigenvalue weighted by atomic mass is 10.3. The minimum absolute atomic E-state index is 0. The molecule has 14 heavy (non-hydrogen) atoms. The van der Waals surface area contributed by atoms with Gasteiger partial charge in [-0.15, -0.1) is 12.4 Å². The number of halogens is 1. The molecule has 0 aliphatic carbocycles. The van der Waals surface area contributed by atoms with Crippen molar-refractivity contribution >= 4 is 12.4 Å². The van der Waals surface area contributed by atoms with Crippen LogP contribution in [0.1, 0.15) is 19.9 Å². The first kappa shape index (κ1) is 10.8. The lowest BCUT2D eigenvalue weighted by Crippen LogP contribution is -1.99. The van der Waals surface area contributed by atoms with Gasteiger partial charge in [0.1, 0.15) is 0 Å². The topological polar surface area (TPSA) is 46.5 Å². The van der Waals surface area contributed by atoms with Crippen molar-refractivity contribution < 1.29 is 0 Å². The largest absolute Gasteiger partial charge is 0.345 e. The molecule has 2 aromatic heterocycles. The van der Waals surface area contributed by atoms with Crippen LogP contribution in [0.4, 0.5) is 0 Å². The van der Waals surface area contributed by atoms with Crippen LogP contribution in [-0.4, -0.2) is 19.7 Å². The van der Waals surface area contributed by atoms with Gasteiger partial charge < -0.3 is 4.98 Å². The second kappa shape index (κ2) is 4.28. The van der Waals surface area contributed by atoms with Crippen LogP contribution in [0.25, 0.3) is 11.3 Å². The second-order valence-corrected chi connectivity index (χ2v) is 3.27. The van der Waals surface area contributed by atoms with Gasteiger partial charge in [-0.3, -0.25) is 4.68 Å². The van der Waals surface area contributed by atoms with Gasteiger partial charge in [-0.2, -0.15) is 5.10 Å². The Morgan fingerprint density at radius 1 is 1.36 bits per heavy atom. The number of hydrogen-bond donors (Lipinski definition) is 1. The zero-order chi connectivity index (χ0) is 9.26. The Labute approximate surface area is 88.8 Å². The molecule has 2 aromatic rings. The summed E-state index contributed by atoms with van der Waals surface area (Å²) in [5.41, 5.74) is 2.08. The van der Waals surface area contributed by atoms with E-state index in [1.807, 2.05) is 17.1 Å². The normalized spacial score (nSPS) is 10.2. The average Bonchev–Trinajstić information content (AvgIpc) is 2.75. The number of hydrogen-bond acceptors (Lipinski definition) is 2. The molecule has 5 heteroatoms. The first-order valence-electron chi connectivity index (χ1n) is 4.30. The van der Waals surface area contributed by atoms with Gasteiger partial charge in [0.25, 0.3) is 0 Å². The van der Waals surface area contributed by atoms with Crippen LogP contribution in [0, 0.1) is 0 Å². The molecule has 1 N–H and O–H groups in total. The van der Waals surface area contributed by atoms with E-state index in [1.165, 1.54) is 0 Å². The van der Waals surface area contributed by atoms with Crippen LogP contribution in [0.2, 0.25) is 0 Å². The zero-order valence-corrected chi connectivity index (χ0v) is 8.95. The molecule has 0 aliphatic heterocycles. The monoisotopic (exact) mass is 212 g/mol. The Morgan fingerprint density at radius 3 is 2.64 bits per heavy atom. The minimum Gasteiger partial charge on any atom is -0.345 e. The zero-order valence-electron chi connectivity index (χ0n) is 8.14. The Morgan fingerprint density at radius 2 is 2.14 bits per heavy atom. The SMILES string of the molecule is CC(C)n1cc(-c2cnc[nH]2)cn1.Cl. The van der Waals surface area contributed by atoms with E-state index in [-0.39, 0.29) is 12.4 Å². The van der Waals surface area contributed by atoms with Crippen LogP contribution in [-0.2, 0) is 0 Å². The summed E-state index contributed by atoms with van der Waals surface area (Å²) >= 11 is 0. The highest BCUT2D eigenvalue weighted by atomic mass is 35.5. The summed E-state index contributed by atoms with van der Waals surface area (Å²) in [6.45, 7) is 4.20. The molecule has 0 unspecified atom stereocenters. The highest BCUT2D eigenvalue weighted by Gasteiger charge is 2.03. The summed E-state index contributed by atoms with van der Waals surface area (Å²) in [4.78, 5) is 7.00. The van der Waals surface area contributed by atoms with Gasteiger partial charge in [0.15, 0.2) is 0 Å². The van der Waals surface area contributed by atoms with Gasteiger partial charge in [-0.25, -0.2) is 4.98 Å². The number of nitrogens with zero attached hydrogens (tertiary/aromatic N) is 3. The van der Waals surface area contributed by atoms with Crippen molar-refractivity contribution in [3.63, 3.8) is 0 Å². The molecule has 0 bridgehead atoms. The molecule has 76 valence electrons. The highest BCUT2D eigenvalue weighted by molar-refractivity contribution is 5.85. The van der Waals surface area contributed by atoms with Crippen molar-refractivity contribution in [1.29, 1.82) is 0 Å². The molecular formula is C9H13ClN4. The molecule has 4 nitrogen and oxygen atoms in total. The van der Waals surface area contributed by atoms with E-state index in [4.69, 9.17) is 0 Å². The summed E-state index contributed by atoms with van der Waals surface area (Å²) in [7, 11) is 0. The van der Waals surface area contributed by atoms with Gasteiger partial charge in [0.2, 0.25) is 0 Å². The van der Waals surface area contributed by atoms with E-state index in [0.29, 0.717) is 6.04 Å². The third kappa shape index (κ3) is 1.96. The van der Waals surface area contributed by atoms with Gasteiger partial charge in [0.05, 0.1) is 24.4 Å². The average molecular weight is 213 g/mol. The predicted molar refractivity (Wildman–Crippen MR) is 57.4 cm³/mol. The Bertz CT molecular complexity index is 377. The summed E-state index contributed by atoms with van der Waals surface area (Å²) in [5, 5.41) is 4.24. The lowest BCUT2D eigenvalue weighted by molar-refractivity contribution is 0.532. The maximum absolute atomic E-state index is 4.24. The van der Waals surface area contributed by atoms with Crippen molar-refractivity contribution in [2.75, 3.05) is 0 Å². The summed E-state index contributed by atoms with van der Waals surface area (Å²) in [6, 6.07) is 0.400. The molecule has 0 saturated carbocycles. The molecule has 0 saturated heterocycles. The fourth-order valence-corrected chi connectivity index (χ4v) is 1.17. The lowest BCUT2D eigenvalue weighted by Gasteiger charge is -2.02. The van der Waals surface area contributed by atoms with E-state index < -0.39 is 0 Å². The fraction of sp³-hybridized carbons (Fsp3) is 0.333. The number of H-pyrrole nitrogens is 1. The van der Waals surface area contributed by atoms with Gasteiger partial charge in [0, 0.05) is 17.8 Å². The van der Waals surface area contributed by atoms with Crippen LogP contribution in [0.15, 0.2) is 24.9 Å². The molecule has 0 spiro atoms. The number of nitrogens with one attached hydrogen (secondary N) is 1. The molecule has 2 rings (SSSR count).